The van der Waals surface area contributed by atoms with Crippen LogP contribution in [0.1, 0.15) is 53.7 Å². The minimum absolute atomic E-state index is 0.302. The van der Waals surface area contributed by atoms with Gasteiger partial charge in [0.15, 0.2) is 0 Å². The molecule has 0 heterocycles. The van der Waals surface area contributed by atoms with Gasteiger partial charge in [0.25, 0.3) is 0 Å². The zero-order valence-corrected chi connectivity index (χ0v) is 15.1. The molecule has 0 radical (unpaired) electrons. The second-order valence-electron chi connectivity index (χ2n) is 5.94. The zero-order valence-electron chi connectivity index (χ0n) is 13.5. The van der Waals surface area contributed by atoms with E-state index in [0.29, 0.717) is 12.1 Å². The number of halogens is 1. The lowest BCUT2D eigenvalue weighted by Gasteiger charge is -2.24. The molecule has 0 amide bonds. The number of rotatable bonds is 4. The highest BCUT2D eigenvalue weighted by atomic mass is 79.9. The molecule has 0 saturated carbocycles. The molecule has 21 heavy (non-hydrogen) atoms. The second kappa shape index (κ2) is 6.76. The first-order valence-corrected chi connectivity index (χ1v) is 8.27. The van der Waals surface area contributed by atoms with Crippen molar-refractivity contribution in [2.24, 2.45) is 0 Å². The first kappa shape index (κ1) is 16.3. The van der Waals surface area contributed by atoms with Gasteiger partial charge in [0, 0.05) is 16.6 Å². The third kappa shape index (κ3) is 3.75. The smallest absolute Gasteiger partial charge is 0.0308 e. The first-order valence-electron chi connectivity index (χ1n) is 7.48. The predicted octanol–water partition coefficient (Wildman–Crippen LogP) is 5.79. The van der Waals surface area contributed by atoms with Crippen LogP contribution in [-0.2, 0) is 0 Å². The van der Waals surface area contributed by atoms with E-state index in [4.69, 9.17) is 0 Å². The molecular formula is C19H24BrN. The van der Waals surface area contributed by atoms with Crippen molar-refractivity contribution in [2.45, 2.75) is 46.7 Å². The van der Waals surface area contributed by atoms with Crippen molar-refractivity contribution in [3.05, 3.63) is 68.7 Å². The largest absolute Gasteiger partial charge is 0.304 e. The molecule has 2 heteroatoms. The van der Waals surface area contributed by atoms with Crippen molar-refractivity contribution in [3.63, 3.8) is 0 Å². The maximum Gasteiger partial charge on any atom is 0.0308 e. The van der Waals surface area contributed by atoms with Crippen molar-refractivity contribution in [2.75, 3.05) is 0 Å². The van der Waals surface area contributed by atoms with Gasteiger partial charge >= 0.3 is 0 Å². The summed E-state index contributed by atoms with van der Waals surface area (Å²) in [4.78, 5) is 0. The van der Waals surface area contributed by atoms with Crippen LogP contribution in [0.4, 0.5) is 0 Å². The summed E-state index contributed by atoms with van der Waals surface area (Å²) < 4.78 is 1.16. The molecule has 2 aromatic carbocycles. The Morgan fingerprint density at radius 1 is 0.905 bits per heavy atom. The number of hydrogen-bond donors (Lipinski definition) is 1. The van der Waals surface area contributed by atoms with E-state index in [9.17, 15) is 0 Å². The Labute approximate surface area is 136 Å². The topological polar surface area (TPSA) is 12.0 Å². The molecule has 0 fully saturated rings. The van der Waals surface area contributed by atoms with E-state index in [1.807, 2.05) is 0 Å². The summed E-state index contributed by atoms with van der Waals surface area (Å²) in [5.74, 6) is 0. The fourth-order valence-corrected chi connectivity index (χ4v) is 3.88. The SMILES string of the molecule is Cc1cc(C)c(C(C)NC(C)c2ccccc2Br)c(C)c1. The van der Waals surface area contributed by atoms with Gasteiger partial charge in [0.05, 0.1) is 0 Å². The maximum absolute atomic E-state index is 3.72. The number of hydrogen-bond acceptors (Lipinski definition) is 1. The lowest BCUT2D eigenvalue weighted by molar-refractivity contribution is 0.490. The molecule has 0 aliphatic heterocycles. The Bertz CT molecular complexity index is 610. The number of nitrogens with one attached hydrogen (secondary N) is 1. The summed E-state index contributed by atoms with van der Waals surface area (Å²) >= 11 is 3.64. The molecule has 1 N–H and O–H groups in total. The van der Waals surface area contributed by atoms with Gasteiger partial charge in [-0.15, -0.1) is 0 Å². The monoisotopic (exact) mass is 345 g/mol. The lowest BCUT2D eigenvalue weighted by Crippen LogP contribution is -2.24. The van der Waals surface area contributed by atoms with E-state index in [-0.39, 0.29) is 0 Å². The summed E-state index contributed by atoms with van der Waals surface area (Å²) in [6, 6.07) is 13.6. The normalized spacial score (nSPS) is 14.0. The van der Waals surface area contributed by atoms with E-state index in [2.05, 4.69) is 92.3 Å². The maximum atomic E-state index is 3.72. The third-order valence-electron chi connectivity index (χ3n) is 4.04. The standard InChI is InChI=1S/C19H24BrN/c1-12-10-13(2)19(14(3)11-12)16(5)21-15(4)17-8-6-7-9-18(17)20/h6-11,15-16,21H,1-5H3. The first-order chi connectivity index (χ1) is 9.90. The van der Waals surface area contributed by atoms with E-state index < -0.39 is 0 Å². The van der Waals surface area contributed by atoms with Crippen LogP contribution in [0.5, 0.6) is 0 Å². The molecule has 0 bridgehead atoms. The summed E-state index contributed by atoms with van der Waals surface area (Å²) in [6.07, 6.45) is 0. The minimum Gasteiger partial charge on any atom is -0.304 e. The van der Waals surface area contributed by atoms with Crippen LogP contribution >= 0.6 is 15.9 Å². The van der Waals surface area contributed by atoms with Gasteiger partial charge in [0.1, 0.15) is 0 Å². The Kier molecular flexibility index (Phi) is 5.23. The van der Waals surface area contributed by atoms with Crippen LogP contribution in [0, 0.1) is 20.8 Å². The zero-order chi connectivity index (χ0) is 15.6. The highest BCUT2D eigenvalue weighted by molar-refractivity contribution is 9.10. The Hall–Kier alpha value is -1.12. The highest BCUT2D eigenvalue weighted by Gasteiger charge is 2.16. The van der Waals surface area contributed by atoms with Crippen LogP contribution in [0.25, 0.3) is 0 Å². The molecule has 0 spiro atoms. The van der Waals surface area contributed by atoms with Crippen LogP contribution in [0.15, 0.2) is 40.9 Å². The van der Waals surface area contributed by atoms with Crippen molar-refractivity contribution in [3.8, 4) is 0 Å². The van der Waals surface area contributed by atoms with Crippen LogP contribution in [-0.4, -0.2) is 0 Å². The van der Waals surface area contributed by atoms with Gasteiger partial charge < -0.3 is 5.32 Å². The average molecular weight is 346 g/mol. The summed E-state index contributed by atoms with van der Waals surface area (Å²) in [7, 11) is 0. The van der Waals surface area contributed by atoms with E-state index in [1.165, 1.54) is 27.8 Å². The predicted molar refractivity (Wildman–Crippen MR) is 94.8 cm³/mol. The van der Waals surface area contributed by atoms with Gasteiger partial charge in [0.2, 0.25) is 0 Å². The molecule has 1 nitrogen and oxygen atoms in total. The van der Waals surface area contributed by atoms with Gasteiger partial charge in [-0.3, -0.25) is 0 Å². The van der Waals surface area contributed by atoms with Crippen molar-refractivity contribution in [1.29, 1.82) is 0 Å². The third-order valence-corrected chi connectivity index (χ3v) is 4.76. The Morgan fingerprint density at radius 3 is 2.05 bits per heavy atom. The molecular weight excluding hydrogens is 322 g/mol. The molecule has 2 unspecified atom stereocenters. The van der Waals surface area contributed by atoms with Gasteiger partial charge in [-0.05, 0) is 62.9 Å². The summed E-state index contributed by atoms with van der Waals surface area (Å²) in [5, 5.41) is 3.72. The minimum atomic E-state index is 0.302. The van der Waals surface area contributed by atoms with Gasteiger partial charge in [-0.25, -0.2) is 0 Å². The fraction of sp³-hybridized carbons (Fsp3) is 0.368. The average Bonchev–Trinajstić information content (AvgIpc) is 2.37. The van der Waals surface area contributed by atoms with E-state index in [1.54, 1.807) is 0 Å². The van der Waals surface area contributed by atoms with Crippen molar-refractivity contribution >= 4 is 15.9 Å². The molecule has 0 aromatic heterocycles. The highest BCUT2D eigenvalue weighted by Crippen LogP contribution is 2.28. The second-order valence-corrected chi connectivity index (χ2v) is 6.80. The lowest BCUT2D eigenvalue weighted by atomic mass is 9.94. The molecule has 2 aromatic rings. The van der Waals surface area contributed by atoms with Crippen LogP contribution in [0.2, 0.25) is 0 Å². The molecule has 2 rings (SSSR count). The van der Waals surface area contributed by atoms with Gasteiger partial charge in [-0.2, -0.15) is 0 Å². The number of benzene rings is 2. The molecule has 112 valence electrons. The molecule has 0 aliphatic carbocycles. The van der Waals surface area contributed by atoms with Gasteiger partial charge in [-0.1, -0.05) is 51.8 Å². The Balaban J connectivity index is 2.22. The summed E-state index contributed by atoms with van der Waals surface area (Å²) in [5.41, 5.74) is 6.78. The molecule has 0 aliphatic rings. The molecule has 2 atom stereocenters. The quantitative estimate of drug-likeness (QED) is 0.739. The van der Waals surface area contributed by atoms with Crippen LogP contribution < -0.4 is 5.32 Å². The fourth-order valence-electron chi connectivity index (χ4n) is 3.25. The number of aryl methyl sites for hydroxylation is 3. The Morgan fingerprint density at radius 2 is 1.48 bits per heavy atom. The van der Waals surface area contributed by atoms with E-state index >= 15 is 0 Å². The van der Waals surface area contributed by atoms with E-state index in [0.717, 1.165) is 4.47 Å². The molecule has 0 saturated heterocycles. The van der Waals surface area contributed by atoms with Crippen molar-refractivity contribution in [1.82, 2.24) is 5.32 Å². The summed E-state index contributed by atoms with van der Waals surface area (Å²) in [6.45, 7) is 11.0. The van der Waals surface area contributed by atoms with Crippen LogP contribution in [0.3, 0.4) is 0 Å². The van der Waals surface area contributed by atoms with Crippen molar-refractivity contribution < 1.29 is 0 Å².